The Kier molecular flexibility index (Phi) is 6.18. The summed E-state index contributed by atoms with van der Waals surface area (Å²) in [5.74, 6) is -0.516. The lowest BCUT2D eigenvalue weighted by Crippen LogP contribution is -2.33. The zero-order valence-electron chi connectivity index (χ0n) is 12.9. The van der Waals surface area contributed by atoms with E-state index in [1.165, 1.54) is 4.90 Å². The summed E-state index contributed by atoms with van der Waals surface area (Å²) in [6, 6.07) is 15.9. The lowest BCUT2D eigenvalue weighted by atomic mass is 10.1. The van der Waals surface area contributed by atoms with E-state index in [0.29, 0.717) is 22.9 Å². The fraction of sp³-hybridized carbons (Fsp3) is 0.222. The van der Waals surface area contributed by atoms with Crippen molar-refractivity contribution in [3.63, 3.8) is 0 Å². The standard InChI is InChI=1S/C18H18ClNO3/c1-2-23-17(21)11-12-20(16-10-6-9-15(19)13-16)18(22)14-7-4-3-5-8-14/h3-10,13H,2,11-12H2,1H3. The third-order valence-corrected chi connectivity index (χ3v) is 3.47. The Morgan fingerprint density at radius 1 is 1.09 bits per heavy atom. The fourth-order valence-electron chi connectivity index (χ4n) is 2.16. The van der Waals surface area contributed by atoms with Crippen LogP contribution in [0.25, 0.3) is 0 Å². The number of hydrogen-bond donors (Lipinski definition) is 0. The molecule has 0 saturated carbocycles. The molecule has 0 bridgehead atoms. The van der Waals surface area contributed by atoms with Crippen molar-refractivity contribution in [2.45, 2.75) is 13.3 Å². The second-order valence-corrected chi connectivity index (χ2v) is 5.29. The van der Waals surface area contributed by atoms with Crippen molar-refractivity contribution in [1.82, 2.24) is 0 Å². The summed E-state index contributed by atoms with van der Waals surface area (Å²) in [7, 11) is 0. The average molecular weight is 332 g/mol. The minimum absolute atomic E-state index is 0.124. The molecule has 0 aliphatic rings. The molecule has 0 aliphatic heterocycles. The molecular weight excluding hydrogens is 314 g/mol. The first-order valence-electron chi connectivity index (χ1n) is 7.40. The van der Waals surface area contributed by atoms with Gasteiger partial charge < -0.3 is 9.64 Å². The largest absolute Gasteiger partial charge is 0.466 e. The number of hydrogen-bond acceptors (Lipinski definition) is 3. The van der Waals surface area contributed by atoms with Gasteiger partial charge in [0.2, 0.25) is 0 Å². The average Bonchev–Trinajstić information content (AvgIpc) is 2.56. The molecule has 5 heteroatoms. The number of benzene rings is 2. The van der Waals surface area contributed by atoms with E-state index in [1.807, 2.05) is 6.07 Å². The first-order valence-corrected chi connectivity index (χ1v) is 7.77. The van der Waals surface area contributed by atoms with Crippen molar-refractivity contribution >= 4 is 29.2 Å². The van der Waals surface area contributed by atoms with E-state index in [-0.39, 0.29) is 24.8 Å². The molecule has 2 aromatic carbocycles. The smallest absolute Gasteiger partial charge is 0.307 e. The molecular formula is C18H18ClNO3. The molecule has 4 nitrogen and oxygen atoms in total. The van der Waals surface area contributed by atoms with Gasteiger partial charge in [-0.15, -0.1) is 0 Å². The predicted octanol–water partition coefficient (Wildman–Crippen LogP) is 3.94. The summed E-state index contributed by atoms with van der Waals surface area (Å²) in [6.07, 6.45) is 0.124. The van der Waals surface area contributed by atoms with Crippen LogP contribution in [0.3, 0.4) is 0 Å². The molecule has 0 aromatic heterocycles. The van der Waals surface area contributed by atoms with Crippen LogP contribution >= 0.6 is 11.6 Å². The van der Waals surface area contributed by atoms with Gasteiger partial charge in [0.25, 0.3) is 5.91 Å². The highest BCUT2D eigenvalue weighted by Crippen LogP contribution is 2.22. The molecule has 23 heavy (non-hydrogen) atoms. The van der Waals surface area contributed by atoms with Gasteiger partial charge >= 0.3 is 5.97 Å². The van der Waals surface area contributed by atoms with Crippen LogP contribution in [0.4, 0.5) is 5.69 Å². The van der Waals surface area contributed by atoms with Gasteiger partial charge in [-0.2, -0.15) is 0 Å². The van der Waals surface area contributed by atoms with Gasteiger partial charge in [0.15, 0.2) is 0 Å². The normalized spacial score (nSPS) is 10.2. The van der Waals surface area contributed by atoms with Crippen molar-refractivity contribution in [3.8, 4) is 0 Å². The highest BCUT2D eigenvalue weighted by atomic mass is 35.5. The van der Waals surface area contributed by atoms with Crippen LogP contribution in [-0.2, 0) is 9.53 Å². The fourth-order valence-corrected chi connectivity index (χ4v) is 2.35. The Labute approximate surface area is 140 Å². The van der Waals surface area contributed by atoms with Crippen LogP contribution in [0.2, 0.25) is 5.02 Å². The maximum atomic E-state index is 12.8. The minimum Gasteiger partial charge on any atom is -0.466 e. The van der Waals surface area contributed by atoms with E-state index < -0.39 is 0 Å². The zero-order chi connectivity index (χ0) is 16.7. The Morgan fingerprint density at radius 3 is 2.48 bits per heavy atom. The van der Waals surface area contributed by atoms with Gasteiger partial charge in [0.1, 0.15) is 0 Å². The molecule has 0 radical (unpaired) electrons. The quantitative estimate of drug-likeness (QED) is 0.753. The van der Waals surface area contributed by atoms with E-state index >= 15 is 0 Å². The van der Waals surface area contributed by atoms with E-state index in [0.717, 1.165) is 0 Å². The number of rotatable bonds is 6. The molecule has 0 atom stereocenters. The topological polar surface area (TPSA) is 46.6 Å². The van der Waals surface area contributed by atoms with E-state index in [2.05, 4.69) is 0 Å². The lowest BCUT2D eigenvalue weighted by Gasteiger charge is -2.23. The molecule has 0 N–H and O–H groups in total. The van der Waals surface area contributed by atoms with Crippen LogP contribution in [0.5, 0.6) is 0 Å². The second kappa shape index (κ2) is 8.34. The van der Waals surface area contributed by atoms with Gasteiger partial charge in [-0.3, -0.25) is 9.59 Å². The summed E-state index contributed by atoms with van der Waals surface area (Å²) >= 11 is 6.02. The van der Waals surface area contributed by atoms with Gasteiger partial charge in [0.05, 0.1) is 13.0 Å². The Balaban J connectivity index is 2.24. The molecule has 0 spiro atoms. The number of carbonyl (C=O) groups is 2. The van der Waals surface area contributed by atoms with Gasteiger partial charge in [-0.05, 0) is 37.3 Å². The monoisotopic (exact) mass is 331 g/mol. The van der Waals surface area contributed by atoms with Crippen LogP contribution in [0, 0.1) is 0 Å². The maximum absolute atomic E-state index is 12.8. The number of ether oxygens (including phenoxy) is 1. The zero-order valence-corrected chi connectivity index (χ0v) is 13.6. The number of carbonyl (C=O) groups excluding carboxylic acids is 2. The van der Waals surface area contributed by atoms with Gasteiger partial charge in [-0.1, -0.05) is 35.9 Å². The minimum atomic E-state index is -0.333. The molecule has 2 rings (SSSR count). The summed E-state index contributed by atoms with van der Waals surface area (Å²) in [6.45, 7) is 2.30. The van der Waals surface area contributed by atoms with Crippen molar-refractivity contribution < 1.29 is 14.3 Å². The molecule has 1 amide bonds. The molecule has 0 aliphatic carbocycles. The van der Waals surface area contributed by atoms with Crippen LogP contribution in [0.15, 0.2) is 54.6 Å². The summed E-state index contributed by atoms with van der Waals surface area (Å²) in [5, 5.41) is 0.532. The molecule has 120 valence electrons. The molecule has 0 heterocycles. The summed E-state index contributed by atoms with van der Waals surface area (Å²) in [4.78, 5) is 25.9. The highest BCUT2D eigenvalue weighted by Gasteiger charge is 2.19. The Hall–Kier alpha value is -2.33. The van der Waals surface area contributed by atoms with E-state index in [9.17, 15) is 9.59 Å². The predicted molar refractivity (Wildman–Crippen MR) is 90.8 cm³/mol. The second-order valence-electron chi connectivity index (χ2n) is 4.86. The van der Waals surface area contributed by atoms with E-state index in [4.69, 9.17) is 16.3 Å². The number of esters is 1. The maximum Gasteiger partial charge on any atom is 0.307 e. The number of amides is 1. The van der Waals surface area contributed by atoms with Gasteiger partial charge in [0, 0.05) is 22.8 Å². The van der Waals surface area contributed by atoms with Crippen LogP contribution < -0.4 is 4.90 Å². The van der Waals surface area contributed by atoms with Crippen molar-refractivity contribution in [2.75, 3.05) is 18.1 Å². The molecule has 2 aromatic rings. The van der Waals surface area contributed by atoms with Crippen molar-refractivity contribution in [1.29, 1.82) is 0 Å². The van der Waals surface area contributed by atoms with Gasteiger partial charge in [-0.25, -0.2) is 0 Å². The first-order chi connectivity index (χ1) is 11.1. The van der Waals surface area contributed by atoms with Crippen molar-refractivity contribution in [3.05, 3.63) is 65.2 Å². The third-order valence-electron chi connectivity index (χ3n) is 3.23. The summed E-state index contributed by atoms with van der Waals surface area (Å²) < 4.78 is 4.93. The van der Waals surface area contributed by atoms with Crippen LogP contribution in [-0.4, -0.2) is 25.0 Å². The lowest BCUT2D eigenvalue weighted by molar-refractivity contribution is -0.142. The number of anilines is 1. The Morgan fingerprint density at radius 2 is 1.83 bits per heavy atom. The number of halogens is 1. The summed E-state index contributed by atoms with van der Waals surface area (Å²) in [5.41, 5.74) is 1.20. The molecule has 0 fully saturated rings. The molecule has 0 saturated heterocycles. The Bertz CT molecular complexity index is 673. The highest BCUT2D eigenvalue weighted by molar-refractivity contribution is 6.31. The molecule has 0 unspecified atom stereocenters. The van der Waals surface area contributed by atoms with E-state index in [1.54, 1.807) is 55.5 Å². The van der Waals surface area contributed by atoms with Crippen LogP contribution in [0.1, 0.15) is 23.7 Å². The first kappa shape index (κ1) is 17.0. The van der Waals surface area contributed by atoms with Crippen molar-refractivity contribution in [2.24, 2.45) is 0 Å². The number of nitrogens with zero attached hydrogens (tertiary/aromatic N) is 1. The SMILES string of the molecule is CCOC(=O)CCN(C(=O)c1ccccc1)c1cccc(Cl)c1. The third kappa shape index (κ3) is 4.83.